The van der Waals surface area contributed by atoms with Gasteiger partial charge in [0.25, 0.3) is 0 Å². The Morgan fingerprint density at radius 2 is 1.94 bits per heavy atom. The second-order valence-corrected chi connectivity index (χ2v) is 7.80. The van der Waals surface area contributed by atoms with Gasteiger partial charge in [0.15, 0.2) is 11.5 Å². The van der Waals surface area contributed by atoms with Crippen molar-refractivity contribution in [2.24, 2.45) is 0 Å². The van der Waals surface area contributed by atoms with Gasteiger partial charge in [-0.3, -0.25) is 9.78 Å². The van der Waals surface area contributed by atoms with Crippen molar-refractivity contribution in [1.29, 1.82) is 0 Å². The Morgan fingerprint density at radius 1 is 1.06 bits per heavy atom. The summed E-state index contributed by atoms with van der Waals surface area (Å²) < 4.78 is 17.3. The van der Waals surface area contributed by atoms with Gasteiger partial charge in [-0.05, 0) is 60.9 Å². The highest BCUT2D eigenvalue weighted by atomic mass is 16.5. The molecule has 0 saturated carbocycles. The fraction of sp³-hybridized carbons (Fsp3) is 0.308. The Balaban J connectivity index is 1.28. The number of nitrogens with one attached hydrogen (secondary N) is 1. The number of carbonyl (C=O) groups excluding carboxylic acids is 1. The molecule has 32 heavy (non-hydrogen) atoms. The normalized spacial score (nSPS) is 13.7. The van der Waals surface area contributed by atoms with Gasteiger partial charge in [-0.25, -0.2) is 0 Å². The summed E-state index contributed by atoms with van der Waals surface area (Å²) >= 11 is 0. The van der Waals surface area contributed by atoms with Crippen molar-refractivity contribution in [3.05, 3.63) is 83.7 Å². The highest BCUT2D eigenvalue weighted by Crippen LogP contribution is 2.30. The molecule has 0 aliphatic carbocycles. The number of pyridine rings is 1. The van der Waals surface area contributed by atoms with Crippen molar-refractivity contribution in [2.45, 2.75) is 38.8 Å². The third-order valence-corrected chi connectivity index (χ3v) is 5.30. The molecule has 1 aliphatic heterocycles. The van der Waals surface area contributed by atoms with Gasteiger partial charge in [-0.15, -0.1) is 0 Å². The van der Waals surface area contributed by atoms with Crippen molar-refractivity contribution in [1.82, 2.24) is 10.3 Å². The number of rotatable bonds is 8. The number of amides is 1. The van der Waals surface area contributed by atoms with E-state index in [0.29, 0.717) is 32.7 Å². The van der Waals surface area contributed by atoms with Gasteiger partial charge in [0.1, 0.15) is 12.4 Å². The summed E-state index contributed by atoms with van der Waals surface area (Å²) in [7, 11) is 0. The molecule has 6 heteroatoms. The van der Waals surface area contributed by atoms with Gasteiger partial charge in [0.2, 0.25) is 5.91 Å². The molecule has 1 unspecified atom stereocenters. The number of nitrogens with zero attached hydrogens (tertiary/aromatic N) is 1. The lowest BCUT2D eigenvalue weighted by atomic mass is 10.1. The van der Waals surface area contributed by atoms with E-state index in [2.05, 4.69) is 10.3 Å². The minimum Gasteiger partial charge on any atom is -0.490 e. The molecule has 0 spiro atoms. The van der Waals surface area contributed by atoms with E-state index in [1.807, 2.05) is 67.6 Å². The lowest BCUT2D eigenvalue weighted by Crippen LogP contribution is -2.26. The minimum atomic E-state index is -0.121. The first-order valence-electron chi connectivity index (χ1n) is 11.0. The average Bonchev–Trinajstić information content (AvgIpc) is 3.07. The van der Waals surface area contributed by atoms with Crippen LogP contribution in [0.2, 0.25) is 0 Å². The highest BCUT2D eigenvalue weighted by Gasteiger charge is 2.13. The fourth-order valence-electron chi connectivity index (χ4n) is 3.53. The van der Waals surface area contributed by atoms with E-state index in [1.165, 1.54) is 0 Å². The second-order valence-electron chi connectivity index (χ2n) is 7.80. The Kier molecular flexibility index (Phi) is 7.23. The van der Waals surface area contributed by atoms with Crippen LogP contribution in [0.1, 0.15) is 42.6 Å². The Hall–Kier alpha value is -3.54. The van der Waals surface area contributed by atoms with E-state index in [4.69, 9.17) is 14.2 Å². The highest BCUT2D eigenvalue weighted by molar-refractivity contribution is 5.76. The monoisotopic (exact) mass is 432 g/mol. The molecular weight excluding hydrogens is 404 g/mol. The maximum absolute atomic E-state index is 12.5. The number of hydrogen-bond donors (Lipinski definition) is 1. The molecule has 0 saturated heterocycles. The van der Waals surface area contributed by atoms with Gasteiger partial charge in [0.05, 0.1) is 24.9 Å². The van der Waals surface area contributed by atoms with Crippen LogP contribution in [-0.2, 0) is 17.8 Å². The van der Waals surface area contributed by atoms with E-state index in [-0.39, 0.29) is 11.9 Å². The topological polar surface area (TPSA) is 69.7 Å². The lowest BCUT2D eigenvalue weighted by Gasteiger charge is -2.16. The zero-order chi connectivity index (χ0) is 22.2. The molecule has 1 aliphatic rings. The van der Waals surface area contributed by atoms with Crippen LogP contribution in [0.4, 0.5) is 0 Å². The molecule has 0 radical (unpaired) electrons. The second kappa shape index (κ2) is 10.7. The average molecular weight is 433 g/mol. The quantitative estimate of drug-likeness (QED) is 0.562. The molecule has 1 N–H and O–H groups in total. The number of hydrogen-bond acceptors (Lipinski definition) is 5. The van der Waals surface area contributed by atoms with Crippen LogP contribution in [0.5, 0.6) is 17.2 Å². The predicted molar refractivity (Wildman–Crippen MR) is 122 cm³/mol. The van der Waals surface area contributed by atoms with E-state index >= 15 is 0 Å². The van der Waals surface area contributed by atoms with Crippen LogP contribution >= 0.6 is 0 Å². The minimum absolute atomic E-state index is 0.00409. The Bertz CT molecular complexity index is 1040. The third kappa shape index (κ3) is 6.00. The van der Waals surface area contributed by atoms with Crippen molar-refractivity contribution < 1.29 is 19.0 Å². The van der Waals surface area contributed by atoms with Crippen LogP contribution in [0.25, 0.3) is 0 Å². The van der Waals surface area contributed by atoms with E-state index in [0.717, 1.165) is 40.5 Å². The number of fused-ring (bicyclic) bond motifs is 1. The van der Waals surface area contributed by atoms with Gasteiger partial charge in [0, 0.05) is 19.0 Å². The molecule has 0 bridgehead atoms. The van der Waals surface area contributed by atoms with Gasteiger partial charge in [-0.2, -0.15) is 0 Å². The molecule has 2 heterocycles. The fourth-order valence-corrected chi connectivity index (χ4v) is 3.53. The van der Waals surface area contributed by atoms with E-state index in [1.54, 1.807) is 6.20 Å². The predicted octanol–water partition coefficient (Wildman–Crippen LogP) is 4.63. The zero-order valence-electron chi connectivity index (χ0n) is 18.3. The van der Waals surface area contributed by atoms with Crippen molar-refractivity contribution in [3.8, 4) is 17.2 Å². The number of carbonyl (C=O) groups is 1. The van der Waals surface area contributed by atoms with Gasteiger partial charge >= 0.3 is 0 Å². The molecular formula is C26H28N2O4. The standard InChI is InChI=1S/C26H28N2O4/c1-19(21-6-4-8-23(17-21)32-18-22-7-2-3-13-27-22)28-26(29)12-10-20-9-11-24-25(16-20)31-15-5-14-30-24/h2-4,6-9,11,13,16-17,19H,5,10,12,14-15,18H2,1H3,(H,28,29). The molecule has 6 nitrogen and oxygen atoms in total. The van der Waals surface area contributed by atoms with E-state index in [9.17, 15) is 4.79 Å². The maximum Gasteiger partial charge on any atom is 0.220 e. The number of ether oxygens (including phenoxy) is 3. The lowest BCUT2D eigenvalue weighted by molar-refractivity contribution is -0.121. The molecule has 1 aromatic heterocycles. The van der Waals surface area contributed by atoms with Crippen LogP contribution < -0.4 is 19.5 Å². The molecule has 2 aromatic carbocycles. The summed E-state index contributed by atoms with van der Waals surface area (Å²) in [5.41, 5.74) is 2.92. The summed E-state index contributed by atoms with van der Waals surface area (Å²) in [6.45, 7) is 3.70. The first-order chi connectivity index (χ1) is 15.7. The Labute approximate surface area is 188 Å². The largest absolute Gasteiger partial charge is 0.490 e. The summed E-state index contributed by atoms with van der Waals surface area (Å²) in [6, 6.07) is 19.3. The van der Waals surface area contributed by atoms with Crippen molar-refractivity contribution in [2.75, 3.05) is 13.2 Å². The molecule has 3 aromatic rings. The molecule has 166 valence electrons. The molecule has 4 rings (SSSR count). The van der Waals surface area contributed by atoms with Crippen LogP contribution in [-0.4, -0.2) is 24.1 Å². The smallest absolute Gasteiger partial charge is 0.220 e. The SMILES string of the molecule is CC(NC(=O)CCc1ccc2c(c1)OCCCO2)c1cccc(OCc2ccccn2)c1. The molecule has 1 amide bonds. The first kappa shape index (κ1) is 21.7. The number of aryl methyl sites for hydroxylation is 1. The van der Waals surface area contributed by atoms with Gasteiger partial charge in [-0.1, -0.05) is 24.3 Å². The van der Waals surface area contributed by atoms with Crippen molar-refractivity contribution >= 4 is 5.91 Å². The summed E-state index contributed by atoms with van der Waals surface area (Å²) in [4.78, 5) is 16.8. The number of benzene rings is 2. The third-order valence-electron chi connectivity index (χ3n) is 5.30. The van der Waals surface area contributed by atoms with Crippen LogP contribution in [0, 0.1) is 0 Å². The first-order valence-corrected chi connectivity index (χ1v) is 11.0. The van der Waals surface area contributed by atoms with Gasteiger partial charge < -0.3 is 19.5 Å². The van der Waals surface area contributed by atoms with Crippen LogP contribution in [0.3, 0.4) is 0 Å². The maximum atomic E-state index is 12.5. The number of aromatic nitrogens is 1. The molecule has 1 atom stereocenters. The summed E-state index contributed by atoms with van der Waals surface area (Å²) in [5.74, 6) is 2.29. The van der Waals surface area contributed by atoms with Crippen molar-refractivity contribution in [3.63, 3.8) is 0 Å². The summed E-state index contributed by atoms with van der Waals surface area (Å²) in [6.07, 6.45) is 3.67. The molecule has 0 fully saturated rings. The zero-order valence-corrected chi connectivity index (χ0v) is 18.3. The Morgan fingerprint density at radius 3 is 2.78 bits per heavy atom. The van der Waals surface area contributed by atoms with Crippen LogP contribution in [0.15, 0.2) is 66.9 Å². The summed E-state index contributed by atoms with van der Waals surface area (Å²) in [5, 5.41) is 3.08. The van der Waals surface area contributed by atoms with E-state index < -0.39 is 0 Å².